The second-order valence-corrected chi connectivity index (χ2v) is 4.45. The summed E-state index contributed by atoms with van der Waals surface area (Å²) in [5, 5.41) is 19.7. The highest BCUT2D eigenvalue weighted by atomic mass is 16.5. The molecule has 0 aliphatic carbocycles. The molecule has 1 aliphatic heterocycles. The molecule has 14 heavy (non-hydrogen) atoms. The van der Waals surface area contributed by atoms with E-state index < -0.39 is 11.0 Å². The van der Waals surface area contributed by atoms with Crippen molar-refractivity contribution in [2.45, 2.75) is 39.2 Å². The fraction of sp³-hybridized carbons (Fsp3) is 0.909. The predicted molar refractivity (Wildman–Crippen MR) is 53.6 cm³/mol. The fourth-order valence-electron chi connectivity index (χ4n) is 2.17. The Kier molecular flexibility index (Phi) is 3.18. The van der Waals surface area contributed by atoms with E-state index in [4.69, 9.17) is 10.00 Å². The molecule has 0 spiro atoms. The minimum atomic E-state index is -0.894. The molecule has 0 aromatic carbocycles. The van der Waals surface area contributed by atoms with E-state index in [1.54, 1.807) is 0 Å². The lowest BCUT2D eigenvalue weighted by molar-refractivity contribution is -0.157. The van der Waals surface area contributed by atoms with Gasteiger partial charge in [-0.15, -0.1) is 0 Å². The second-order valence-electron chi connectivity index (χ2n) is 4.45. The highest BCUT2D eigenvalue weighted by Gasteiger charge is 2.51. The van der Waals surface area contributed by atoms with E-state index in [1.807, 2.05) is 20.8 Å². The van der Waals surface area contributed by atoms with Crippen LogP contribution in [0.2, 0.25) is 0 Å². The van der Waals surface area contributed by atoms with Gasteiger partial charge in [-0.3, -0.25) is 0 Å². The maximum atomic E-state index is 10.6. The summed E-state index contributed by atoms with van der Waals surface area (Å²) in [7, 11) is 0. The molecule has 0 aromatic heterocycles. The van der Waals surface area contributed by atoms with E-state index in [2.05, 4.69) is 6.07 Å². The van der Waals surface area contributed by atoms with Gasteiger partial charge >= 0.3 is 0 Å². The highest BCUT2D eigenvalue weighted by molar-refractivity contribution is 5.11. The Balaban J connectivity index is 2.96. The van der Waals surface area contributed by atoms with Crippen LogP contribution in [-0.4, -0.2) is 23.9 Å². The lowest BCUT2D eigenvalue weighted by Gasteiger charge is -2.46. The maximum Gasteiger partial charge on any atom is 0.0899 e. The van der Waals surface area contributed by atoms with Crippen LogP contribution in [0.4, 0.5) is 0 Å². The summed E-state index contributed by atoms with van der Waals surface area (Å²) < 4.78 is 5.29. The third-order valence-corrected chi connectivity index (χ3v) is 3.72. The molecule has 1 aliphatic rings. The summed E-state index contributed by atoms with van der Waals surface area (Å²) in [4.78, 5) is 0. The number of aliphatic hydroxyl groups is 1. The third-order valence-electron chi connectivity index (χ3n) is 3.72. The summed E-state index contributed by atoms with van der Waals surface area (Å²) >= 11 is 0. The van der Waals surface area contributed by atoms with Gasteiger partial charge in [-0.1, -0.05) is 13.8 Å². The zero-order valence-electron chi connectivity index (χ0n) is 9.21. The van der Waals surface area contributed by atoms with E-state index in [0.717, 1.165) is 0 Å². The summed E-state index contributed by atoms with van der Waals surface area (Å²) in [5.41, 5.74) is -1.55. The molecule has 3 heteroatoms. The van der Waals surface area contributed by atoms with Gasteiger partial charge < -0.3 is 9.84 Å². The molecule has 1 heterocycles. The van der Waals surface area contributed by atoms with Gasteiger partial charge in [-0.2, -0.15) is 5.26 Å². The SMILES string of the molecule is CCC(C)(C#N)C1(O)CCOCC1C. The minimum Gasteiger partial charge on any atom is -0.388 e. The van der Waals surface area contributed by atoms with Crippen molar-refractivity contribution in [2.24, 2.45) is 11.3 Å². The van der Waals surface area contributed by atoms with Crippen molar-refractivity contribution >= 4 is 0 Å². The van der Waals surface area contributed by atoms with Gasteiger partial charge in [0.05, 0.1) is 23.7 Å². The predicted octanol–water partition coefficient (Wildman–Crippen LogP) is 1.71. The van der Waals surface area contributed by atoms with Crippen LogP contribution in [0, 0.1) is 22.7 Å². The Hall–Kier alpha value is -0.590. The molecule has 1 saturated heterocycles. The quantitative estimate of drug-likeness (QED) is 0.733. The Morgan fingerprint density at radius 1 is 1.71 bits per heavy atom. The van der Waals surface area contributed by atoms with E-state index in [9.17, 15) is 5.11 Å². The van der Waals surface area contributed by atoms with Crippen LogP contribution in [0.5, 0.6) is 0 Å². The third kappa shape index (κ3) is 1.53. The number of hydrogen-bond donors (Lipinski definition) is 1. The molecular formula is C11H19NO2. The molecule has 3 unspecified atom stereocenters. The van der Waals surface area contributed by atoms with Gasteiger partial charge in [0.2, 0.25) is 0 Å². The number of rotatable bonds is 2. The van der Waals surface area contributed by atoms with E-state index >= 15 is 0 Å². The van der Waals surface area contributed by atoms with E-state index in [-0.39, 0.29) is 5.92 Å². The molecule has 3 nitrogen and oxygen atoms in total. The molecular weight excluding hydrogens is 178 g/mol. The van der Waals surface area contributed by atoms with Crippen LogP contribution in [-0.2, 0) is 4.74 Å². The zero-order chi connectivity index (χ0) is 10.8. The molecule has 1 fully saturated rings. The summed E-state index contributed by atoms with van der Waals surface area (Å²) in [6.07, 6.45) is 1.23. The van der Waals surface area contributed by atoms with Crippen LogP contribution in [0.1, 0.15) is 33.6 Å². The molecule has 0 aromatic rings. The largest absolute Gasteiger partial charge is 0.388 e. The van der Waals surface area contributed by atoms with Gasteiger partial charge in [0.25, 0.3) is 0 Å². The van der Waals surface area contributed by atoms with Crippen molar-refractivity contribution in [1.82, 2.24) is 0 Å². The molecule has 0 radical (unpaired) electrons. The fourth-order valence-corrected chi connectivity index (χ4v) is 2.17. The van der Waals surface area contributed by atoms with Crippen LogP contribution in [0.25, 0.3) is 0 Å². The number of hydrogen-bond acceptors (Lipinski definition) is 3. The number of nitriles is 1. The molecule has 1 rings (SSSR count). The van der Waals surface area contributed by atoms with Crippen LogP contribution in [0.15, 0.2) is 0 Å². The molecule has 0 bridgehead atoms. The smallest absolute Gasteiger partial charge is 0.0899 e. The first-order valence-corrected chi connectivity index (χ1v) is 5.21. The van der Waals surface area contributed by atoms with Gasteiger partial charge in [-0.05, 0) is 13.3 Å². The summed E-state index contributed by atoms with van der Waals surface area (Å²) in [6.45, 7) is 6.84. The van der Waals surface area contributed by atoms with Crippen LogP contribution >= 0.6 is 0 Å². The maximum absolute atomic E-state index is 10.6. The number of ether oxygens (including phenoxy) is 1. The van der Waals surface area contributed by atoms with Gasteiger partial charge in [0.1, 0.15) is 0 Å². The minimum absolute atomic E-state index is 0.0286. The Bertz CT molecular complexity index is 248. The van der Waals surface area contributed by atoms with E-state index in [1.165, 1.54) is 0 Å². The van der Waals surface area contributed by atoms with Gasteiger partial charge in [0, 0.05) is 18.9 Å². The monoisotopic (exact) mass is 197 g/mol. The van der Waals surface area contributed by atoms with Crippen molar-refractivity contribution in [2.75, 3.05) is 13.2 Å². The van der Waals surface area contributed by atoms with Crippen molar-refractivity contribution in [3.05, 3.63) is 0 Å². The first-order chi connectivity index (χ1) is 6.50. The lowest BCUT2D eigenvalue weighted by atomic mass is 9.64. The zero-order valence-corrected chi connectivity index (χ0v) is 9.21. The molecule has 0 saturated carbocycles. The molecule has 1 N–H and O–H groups in total. The van der Waals surface area contributed by atoms with Crippen molar-refractivity contribution in [1.29, 1.82) is 5.26 Å². The average Bonchev–Trinajstić information content (AvgIpc) is 2.21. The first-order valence-electron chi connectivity index (χ1n) is 5.21. The second kappa shape index (κ2) is 3.88. The Morgan fingerprint density at radius 2 is 2.36 bits per heavy atom. The average molecular weight is 197 g/mol. The van der Waals surface area contributed by atoms with Gasteiger partial charge in [-0.25, -0.2) is 0 Å². The normalized spacial score (nSPS) is 37.2. The molecule has 3 atom stereocenters. The van der Waals surface area contributed by atoms with Crippen LogP contribution < -0.4 is 0 Å². The summed E-state index contributed by atoms with van der Waals surface area (Å²) in [6, 6.07) is 2.26. The Labute approximate surface area is 85.7 Å². The van der Waals surface area contributed by atoms with Gasteiger partial charge in [0.15, 0.2) is 0 Å². The van der Waals surface area contributed by atoms with Crippen molar-refractivity contribution < 1.29 is 9.84 Å². The van der Waals surface area contributed by atoms with Crippen molar-refractivity contribution in [3.63, 3.8) is 0 Å². The van der Waals surface area contributed by atoms with E-state index in [0.29, 0.717) is 26.1 Å². The Morgan fingerprint density at radius 3 is 2.79 bits per heavy atom. The highest BCUT2D eigenvalue weighted by Crippen LogP contribution is 2.43. The van der Waals surface area contributed by atoms with Crippen LogP contribution in [0.3, 0.4) is 0 Å². The standard InChI is InChI=1S/C11H19NO2/c1-4-10(3,8-12)11(13)5-6-14-7-9(11)2/h9,13H,4-7H2,1-3H3. The number of nitrogens with zero attached hydrogens (tertiary/aromatic N) is 1. The van der Waals surface area contributed by atoms with Crippen molar-refractivity contribution in [3.8, 4) is 6.07 Å². The molecule has 80 valence electrons. The lowest BCUT2D eigenvalue weighted by Crippen LogP contribution is -2.54. The first kappa shape index (κ1) is 11.5. The topological polar surface area (TPSA) is 53.2 Å². The summed E-state index contributed by atoms with van der Waals surface area (Å²) in [5.74, 6) is 0.0286. The molecule has 0 amide bonds.